The molecule has 1 aromatic rings. The van der Waals surface area contributed by atoms with Crippen molar-refractivity contribution in [3.05, 3.63) is 46.1 Å². The molecule has 0 aromatic heterocycles. The van der Waals surface area contributed by atoms with Gasteiger partial charge in [0.15, 0.2) is 0 Å². The number of aliphatic hydroxyl groups excluding tert-OH is 1. The topological polar surface area (TPSA) is 82.9 Å². The van der Waals surface area contributed by atoms with Gasteiger partial charge in [0.1, 0.15) is 5.84 Å². The van der Waals surface area contributed by atoms with E-state index >= 15 is 0 Å². The highest BCUT2D eigenvalue weighted by Gasteiger charge is 2.33. The predicted octanol–water partition coefficient (Wildman–Crippen LogP) is 2.91. The predicted molar refractivity (Wildman–Crippen MR) is 136 cm³/mol. The average molecular weight is 488 g/mol. The lowest BCUT2D eigenvalue weighted by Crippen LogP contribution is -2.53. The van der Waals surface area contributed by atoms with E-state index in [1.165, 1.54) is 5.70 Å². The van der Waals surface area contributed by atoms with Crippen molar-refractivity contribution in [2.24, 2.45) is 5.92 Å². The number of carbonyl (C=O) groups excluding carboxylic acids is 1. The van der Waals surface area contributed by atoms with Crippen LogP contribution in [0.2, 0.25) is 5.02 Å². The van der Waals surface area contributed by atoms with Gasteiger partial charge in [-0.15, -0.1) is 0 Å². The third-order valence-corrected chi connectivity index (χ3v) is 7.93. The second kappa shape index (κ2) is 11.1. The number of piperazine rings is 1. The van der Waals surface area contributed by atoms with Crippen LogP contribution in [0.3, 0.4) is 0 Å². The molecular formula is C26H38ClN5O2. The highest BCUT2D eigenvalue weighted by Crippen LogP contribution is 2.32. The number of nitrogens with zero attached hydrogens (tertiary/aromatic N) is 3. The van der Waals surface area contributed by atoms with Crippen LogP contribution >= 0.6 is 11.6 Å². The molecule has 8 heteroatoms. The van der Waals surface area contributed by atoms with Crippen LogP contribution in [-0.2, 0) is 4.79 Å². The number of rotatable bonds is 6. The Morgan fingerprint density at radius 3 is 2.32 bits per heavy atom. The van der Waals surface area contributed by atoms with E-state index < -0.39 is 0 Å². The Bertz CT molecular complexity index is 902. The van der Waals surface area contributed by atoms with Gasteiger partial charge in [-0.2, -0.15) is 0 Å². The quantitative estimate of drug-likeness (QED) is 0.424. The van der Waals surface area contributed by atoms with Gasteiger partial charge in [0, 0.05) is 69.2 Å². The minimum Gasteiger partial charge on any atom is -0.393 e. The summed E-state index contributed by atoms with van der Waals surface area (Å²) in [5, 5.41) is 22.7. The fourth-order valence-corrected chi connectivity index (χ4v) is 5.62. The van der Waals surface area contributed by atoms with E-state index in [1.54, 1.807) is 0 Å². The normalized spacial score (nSPS) is 23.4. The zero-order valence-corrected chi connectivity index (χ0v) is 21.2. The van der Waals surface area contributed by atoms with E-state index in [0.29, 0.717) is 49.5 Å². The van der Waals surface area contributed by atoms with Crippen LogP contribution < -0.4 is 5.32 Å². The van der Waals surface area contributed by atoms with Crippen LogP contribution in [-0.4, -0.2) is 90.5 Å². The second-order valence-electron chi connectivity index (χ2n) is 9.88. The average Bonchev–Trinajstić information content (AvgIpc) is 3.24. The summed E-state index contributed by atoms with van der Waals surface area (Å²) in [4.78, 5) is 20.1. The summed E-state index contributed by atoms with van der Waals surface area (Å²) in [5.74, 6) is 0.894. The van der Waals surface area contributed by atoms with Crippen molar-refractivity contribution in [3.63, 3.8) is 0 Å². The molecule has 2 fully saturated rings. The number of piperidine rings is 1. The lowest BCUT2D eigenvalue weighted by atomic mass is 9.95. The molecule has 34 heavy (non-hydrogen) atoms. The van der Waals surface area contributed by atoms with Crippen LogP contribution in [0.5, 0.6) is 0 Å². The van der Waals surface area contributed by atoms with E-state index in [4.69, 9.17) is 17.0 Å². The van der Waals surface area contributed by atoms with Crippen molar-refractivity contribution in [2.45, 2.75) is 44.6 Å². The molecule has 0 saturated carbocycles. The number of allylic oxidation sites excluding steroid dienone is 1. The van der Waals surface area contributed by atoms with Crippen molar-refractivity contribution in [1.29, 1.82) is 5.41 Å². The summed E-state index contributed by atoms with van der Waals surface area (Å²) in [6.07, 6.45) is 3.37. The maximum atomic E-state index is 13.7. The zero-order chi connectivity index (χ0) is 24.2. The van der Waals surface area contributed by atoms with Gasteiger partial charge in [0.25, 0.3) is 0 Å². The first-order valence-corrected chi connectivity index (χ1v) is 12.9. The number of aliphatic hydroxyl groups is 1. The van der Waals surface area contributed by atoms with Crippen LogP contribution in [0.25, 0.3) is 0 Å². The van der Waals surface area contributed by atoms with Crippen LogP contribution in [0.1, 0.15) is 44.1 Å². The van der Waals surface area contributed by atoms with Gasteiger partial charge in [0.05, 0.1) is 12.0 Å². The molecule has 3 N–H and O–H groups in total. The highest BCUT2D eigenvalue weighted by atomic mass is 35.5. The number of halogens is 1. The van der Waals surface area contributed by atoms with E-state index in [1.807, 2.05) is 36.2 Å². The summed E-state index contributed by atoms with van der Waals surface area (Å²) in [5.41, 5.74) is 3.30. The van der Waals surface area contributed by atoms with Gasteiger partial charge < -0.3 is 25.1 Å². The van der Waals surface area contributed by atoms with Crippen LogP contribution in [0.4, 0.5) is 0 Å². The second-order valence-corrected chi connectivity index (χ2v) is 10.3. The Balaban J connectivity index is 1.43. The number of amidine groups is 1. The number of carbonyl (C=O) groups is 1. The first-order valence-electron chi connectivity index (χ1n) is 12.6. The number of hydrogen-bond acceptors (Lipinski definition) is 5. The highest BCUT2D eigenvalue weighted by molar-refractivity contribution is 6.30. The smallest absolute Gasteiger partial charge is 0.231 e. The van der Waals surface area contributed by atoms with E-state index in [9.17, 15) is 9.90 Å². The van der Waals surface area contributed by atoms with Crippen LogP contribution in [0.15, 0.2) is 35.5 Å². The minimum absolute atomic E-state index is 0.143. The number of hydrogen-bond donors (Lipinski definition) is 3. The Morgan fingerprint density at radius 2 is 1.71 bits per heavy atom. The summed E-state index contributed by atoms with van der Waals surface area (Å²) < 4.78 is 0. The molecular weight excluding hydrogens is 450 g/mol. The fourth-order valence-electron chi connectivity index (χ4n) is 5.50. The van der Waals surface area contributed by atoms with Gasteiger partial charge in [-0.1, -0.05) is 30.7 Å². The largest absolute Gasteiger partial charge is 0.393 e. The Kier molecular flexibility index (Phi) is 8.17. The molecule has 2 saturated heterocycles. The van der Waals surface area contributed by atoms with Crippen molar-refractivity contribution < 1.29 is 9.90 Å². The Morgan fingerprint density at radius 1 is 1.09 bits per heavy atom. The molecule has 0 radical (unpaired) electrons. The molecule has 1 aliphatic carbocycles. The first-order chi connectivity index (χ1) is 16.4. The molecule has 2 heterocycles. The molecule has 0 unspecified atom stereocenters. The van der Waals surface area contributed by atoms with E-state index in [0.717, 1.165) is 49.9 Å². The minimum atomic E-state index is -0.257. The van der Waals surface area contributed by atoms with E-state index in [-0.39, 0.29) is 17.9 Å². The third kappa shape index (κ3) is 5.58. The van der Waals surface area contributed by atoms with Crippen molar-refractivity contribution in [2.75, 3.05) is 52.9 Å². The molecule has 3 aliphatic rings. The molecule has 2 aliphatic heterocycles. The van der Waals surface area contributed by atoms with Crippen molar-refractivity contribution in [3.8, 4) is 0 Å². The standard InChI is InChI=1S/C26H38ClN5O2/c1-18-3-8-23(29-2)24(18)25(28)31-13-15-32(16-14-31)26(34)22(19-4-6-20(27)7-5-19)17-30-11-9-21(33)10-12-30/h4-7,18,21-22,28-29,33H,3,8-17H2,1-2H3/t18-,22-/m1/s1. The molecule has 2 atom stereocenters. The summed E-state index contributed by atoms with van der Waals surface area (Å²) >= 11 is 6.12. The monoisotopic (exact) mass is 487 g/mol. The van der Waals surface area contributed by atoms with E-state index in [2.05, 4.69) is 22.0 Å². The molecule has 1 aromatic carbocycles. The zero-order valence-electron chi connectivity index (χ0n) is 20.4. The van der Waals surface area contributed by atoms with Gasteiger partial charge in [-0.05, 0) is 49.3 Å². The van der Waals surface area contributed by atoms with Crippen molar-refractivity contribution >= 4 is 23.3 Å². The molecule has 0 bridgehead atoms. The van der Waals surface area contributed by atoms with Crippen LogP contribution in [0, 0.1) is 11.3 Å². The molecule has 1 amide bonds. The molecule has 7 nitrogen and oxygen atoms in total. The van der Waals surface area contributed by atoms with Crippen molar-refractivity contribution in [1.82, 2.24) is 20.0 Å². The lowest BCUT2D eigenvalue weighted by Gasteiger charge is -2.39. The molecule has 4 rings (SSSR count). The third-order valence-electron chi connectivity index (χ3n) is 7.68. The van der Waals surface area contributed by atoms with Gasteiger partial charge >= 0.3 is 0 Å². The van der Waals surface area contributed by atoms with Gasteiger partial charge in [-0.3, -0.25) is 10.2 Å². The molecule has 186 valence electrons. The number of nitrogens with one attached hydrogen (secondary N) is 2. The maximum Gasteiger partial charge on any atom is 0.231 e. The number of likely N-dealkylation sites (tertiary alicyclic amines) is 1. The first kappa shape index (κ1) is 25.0. The SMILES string of the molecule is CNC1=C(C(=N)N2CCN(C(=O)[C@H](CN3CCC(O)CC3)c3ccc(Cl)cc3)CC2)[C@H](C)CC1. The summed E-state index contributed by atoms with van der Waals surface area (Å²) in [6.45, 7) is 7.09. The Hall–Kier alpha value is -2.09. The van der Waals surface area contributed by atoms with Gasteiger partial charge in [0.2, 0.25) is 5.91 Å². The fraction of sp³-hybridized carbons (Fsp3) is 0.615. The summed E-state index contributed by atoms with van der Waals surface area (Å²) in [6, 6.07) is 7.63. The molecule has 0 spiro atoms. The number of benzene rings is 1. The number of amides is 1. The van der Waals surface area contributed by atoms with Gasteiger partial charge in [-0.25, -0.2) is 0 Å². The Labute approximate surface area is 208 Å². The lowest BCUT2D eigenvalue weighted by molar-refractivity contribution is -0.134. The summed E-state index contributed by atoms with van der Waals surface area (Å²) in [7, 11) is 1.94. The maximum absolute atomic E-state index is 13.7.